The van der Waals surface area contributed by atoms with E-state index in [-0.39, 0.29) is 19.0 Å². The standard InChI is InChI=1S/C17H21FN4O4/c1-11(23)19-8-14-10-22(17(24)26-14)13-3-4-16(15(18)7-13)21-6-5-12(9-21)20-25-2/h3-4,7,14H,5-6,8-10H2,1-2H3,(H,19,23)/b20-12-/t14-/m0/s1. The fourth-order valence-corrected chi connectivity index (χ4v) is 3.07. The lowest BCUT2D eigenvalue weighted by atomic mass is 10.2. The van der Waals surface area contributed by atoms with Crippen molar-refractivity contribution >= 4 is 29.1 Å². The number of rotatable bonds is 5. The van der Waals surface area contributed by atoms with Crippen molar-refractivity contribution in [3.05, 3.63) is 24.0 Å². The Morgan fingerprint density at radius 2 is 2.31 bits per heavy atom. The first-order chi connectivity index (χ1) is 12.5. The summed E-state index contributed by atoms with van der Waals surface area (Å²) in [6.07, 6.45) is -0.290. The highest BCUT2D eigenvalue weighted by molar-refractivity contribution is 5.92. The van der Waals surface area contributed by atoms with Gasteiger partial charge in [0.25, 0.3) is 0 Å². The van der Waals surface area contributed by atoms with Gasteiger partial charge in [-0.2, -0.15) is 0 Å². The molecule has 0 aromatic heterocycles. The van der Waals surface area contributed by atoms with Crippen LogP contribution in [0.3, 0.4) is 0 Å². The molecule has 2 aliphatic rings. The maximum Gasteiger partial charge on any atom is 0.414 e. The molecule has 2 fully saturated rings. The Hall–Kier alpha value is -2.84. The molecule has 2 amide bonds. The fourth-order valence-electron chi connectivity index (χ4n) is 3.07. The van der Waals surface area contributed by atoms with E-state index in [4.69, 9.17) is 9.57 Å². The first-order valence-corrected chi connectivity index (χ1v) is 8.34. The number of halogens is 1. The van der Waals surface area contributed by atoms with Gasteiger partial charge in [-0.1, -0.05) is 5.16 Å². The summed E-state index contributed by atoms with van der Waals surface area (Å²) < 4.78 is 19.8. The predicted molar refractivity (Wildman–Crippen MR) is 94.0 cm³/mol. The van der Waals surface area contributed by atoms with E-state index in [1.807, 2.05) is 4.90 Å². The zero-order valence-corrected chi connectivity index (χ0v) is 14.7. The van der Waals surface area contributed by atoms with Gasteiger partial charge in [0.2, 0.25) is 5.91 Å². The SMILES string of the molecule is CO/N=C1/CCN(c2ccc(N3C[C@H](CNC(C)=O)OC3=O)cc2F)C1. The summed E-state index contributed by atoms with van der Waals surface area (Å²) in [6.45, 7) is 3.04. The van der Waals surface area contributed by atoms with Crippen LogP contribution in [0.2, 0.25) is 0 Å². The molecule has 1 aromatic rings. The summed E-state index contributed by atoms with van der Waals surface area (Å²) in [5, 5.41) is 6.52. The Kier molecular flexibility index (Phi) is 5.24. The van der Waals surface area contributed by atoms with E-state index in [0.29, 0.717) is 24.5 Å². The minimum absolute atomic E-state index is 0.197. The molecule has 0 bridgehead atoms. The van der Waals surface area contributed by atoms with Gasteiger partial charge < -0.3 is 19.8 Å². The zero-order valence-electron chi connectivity index (χ0n) is 14.7. The number of hydrogen-bond donors (Lipinski definition) is 1. The molecular weight excluding hydrogens is 343 g/mol. The van der Waals surface area contributed by atoms with Crippen molar-refractivity contribution in [1.82, 2.24) is 5.32 Å². The molecule has 9 heteroatoms. The number of nitrogens with zero attached hydrogens (tertiary/aromatic N) is 3. The Morgan fingerprint density at radius 3 is 3.00 bits per heavy atom. The van der Waals surface area contributed by atoms with Crippen LogP contribution >= 0.6 is 0 Å². The molecule has 140 valence electrons. The van der Waals surface area contributed by atoms with Crippen molar-refractivity contribution < 1.29 is 23.6 Å². The maximum atomic E-state index is 14.6. The number of hydrogen-bond acceptors (Lipinski definition) is 6. The lowest BCUT2D eigenvalue weighted by Crippen LogP contribution is -2.33. The molecule has 1 N–H and O–H groups in total. The van der Waals surface area contributed by atoms with Gasteiger partial charge in [-0.05, 0) is 18.2 Å². The van der Waals surface area contributed by atoms with Crippen LogP contribution < -0.4 is 15.1 Å². The first kappa shape index (κ1) is 18.0. The van der Waals surface area contributed by atoms with Gasteiger partial charge >= 0.3 is 6.09 Å². The second-order valence-corrected chi connectivity index (χ2v) is 6.20. The van der Waals surface area contributed by atoms with E-state index in [1.165, 1.54) is 25.0 Å². The minimum atomic E-state index is -0.553. The number of amides is 2. The monoisotopic (exact) mass is 364 g/mol. The Balaban J connectivity index is 1.69. The number of carbonyl (C=O) groups is 2. The first-order valence-electron chi connectivity index (χ1n) is 8.34. The summed E-state index contributed by atoms with van der Waals surface area (Å²) in [4.78, 5) is 31.0. The molecule has 1 atom stereocenters. The highest BCUT2D eigenvalue weighted by Crippen LogP contribution is 2.29. The fraction of sp³-hybridized carbons (Fsp3) is 0.471. The maximum absolute atomic E-state index is 14.6. The largest absolute Gasteiger partial charge is 0.442 e. The number of cyclic esters (lactones) is 1. The molecule has 3 rings (SSSR count). The highest BCUT2D eigenvalue weighted by atomic mass is 19.1. The van der Waals surface area contributed by atoms with Crippen LogP contribution in [-0.4, -0.2) is 57.1 Å². The van der Waals surface area contributed by atoms with Crippen LogP contribution in [-0.2, 0) is 14.4 Å². The van der Waals surface area contributed by atoms with Gasteiger partial charge in [-0.15, -0.1) is 0 Å². The summed E-state index contributed by atoms with van der Waals surface area (Å²) in [7, 11) is 1.49. The van der Waals surface area contributed by atoms with E-state index in [9.17, 15) is 14.0 Å². The third-order valence-corrected chi connectivity index (χ3v) is 4.30. The second kappa shape index (κ2) is 7.59. The number of ether oxygens (including phenoxy) is 1. The van der Waals surface area contributed by atoms with E-state index in [2.05, 4.69) is 10.5 Å². The summed E-state index contributed by atoms with van der Waals surface area (Å²) >= 11 is 0. The molecule has 1 aromatic carbocycles. The van der Waals surface area contributed by atoms with E-state index in [0.717, 1.165) is 12.1 Å². The average molecular weight is 364 g/mol. The minimum Gasteiger partial charge on any atom is -0.442 e. The second-order valence-electron chi connectivity index (χ2n) is 6.20. The van der Waals surface area contributed by atoms with Crippen LogP contribution in [0, 0.1) is 5.82 Å². The molecule has 0 unspecified atom stereocenters. The van der Waals surface area contributed by atoms with Gasteiger partial charge in [-0.3, -0.25) is 9.69 Å². The van der Waals surface area contributed by atoms with Crippen LogP contribution in [0.1, 0.15) is 13.3 Å². The van der Waals surface area contributed by atoms with Gasteiger partial charge in [-0.25, -0.2) is 9.18 Å². The summed E-state index contributed by atoms with van der Waals surface area (Å²) in [5.74, 6) is -0.615. The van der Waals surface area contributed by atoms with E-state index < -0.39 is 18.0 Å². The molecule has 2 heterocycles. The number of nitrogens with one attached hydrogen (secondary N) is 1. The quantitative estimate of drug-likeness (QED) is 0.801. The predicted octanol–water partition coefficient (Wildman–Crippen LogP) is 1.50. The molecule has 2 saturated heterocycles. The number of benzene rings is 1. The molecule has 2 aliphatic heterocycles. The van der Waals surface area contributed by atoms with Gasteiger partial charge in [0.1, 0.15) is 19.0 Å². The van der Waals surface area contributed by atoms with Crippen LogP contribution in [0.4, 0.5) is 20.6 Å². The highest BCUT2D eigenvalue weighted by Gasteiger charge is 2.33. The Morgan fingerprint density at radius 1 is 1.50 bits per heavy atom. The molecular formula is C17H21FN4O4. The number of anilines is 2. The van der Waals surface area contributed by atoms with E-state index >= 15 is 0 Å². The Bertz CT molecular complexity index is 739. The lowest BCUT2D eigenvalue weighted by Gasteiger charge is -2.20. The average Bonchev–Trinajstić information content (AvgIpc) is 3.20. The van der Waals surface area contributed by atoms with Crippen molar-refractivity contribution in [1.29, 1.82) is 0 Å². The van der Waals surface area contributed by atoms with Crippen LogP contribution in [0.5, 0.6) is 0 Å². The molecule has 0 radical (unpaired) electrons. The molecule has 0 spiro atoms. The van der Waals surface area contributed by atoms with Crippen molar-refractivity contribution in [2.75, 3.05) is 43.1 Å². The third-order valence-electron chi connectivity index (χ3n) is 4.30. The zero-order chi connectivity index (χ0) is 18.7. The van der Waals surface area contributed by atoms with Gasteiger partial charge in [0.15, 0.2) is 0 Å². The Labute approximate surface area is 150 Å². The lowest BCUT2D eigenvalue weighted by molar-refractivity contribution is -0.119. The smallest absolute Gasteiger partial charge is 0.414 e. The summed E-state index contributed by atoms with van der Waals surface area (Å²) in [5.41, 5.74) is 1.74. The van der Waals surface area contributed by atoms with Crippen LogP contribution in [0.15, 0.2) is 23.4 Å². The topological polar surface area (TPSA) is 83.5 Å². The number of oxime groups is 1. The molecule has 26 heavy (non-hydrogen) atoms. The van der Waals surface area contributed by atoms with Crippen molar-refractivity contribution in [2.24, 2.45) is 5.16 Å². The summed E-state index contributed by atoms with van der Waals surface area (Å²) in [6, 6.07) is 4.66. The molecule has 0 saturated carbocycles. The normalized spacial score (nSPS) is 21.3. The molecule has 8 nitrogen and oxygen atoms in total. The van der Waals surface area contributed by atoms with Gasteiger partial charge in [0.05, 0.1) is 36.7 Å². The van der Waals surface area contributed by atoms with Gasteiger partial charge in [0, 0.05) is 19.9 Å². The van der Waals surface area contributed by atoms with Crippen LogP contribution in [0.25, 0.3) is 0 Å². The third kappa shape index (κ3) is 3.87. The van der Waals surface area contributed by atoms with Crippen molar-refractivity contribution in [3.63, 3.8) is 0 Å². The van der Waals surface area contributed by atoms with Crippen molar-refractivity contribution in [3.8, 4) is 0 Å². The number of carbonyl (C=O) groups excluding carboxylic acids is 2. The van der Waals surface area contributed by atoms with Crippen molar-refractivity contribution in [2.45, 2.75) is 19.4 Å². The van der Waals surface area contributed by atoms with E-state index in [1.54, 1.807) is 12.1 Å². The molecule has 0 aliphatic carbocycles.